The summed E-state index contributed by atoms with van der Waals surface area (Å²) >= 11 is 0. The molecule has 24 heavy (non-hydrogen) atoms. The third-order valence-corrected chi connectivity index (χ3v) is 4.82. The molecule has 5 heteroatoms. The predicted octanol–water partition coefficient (Wildman–Crippen LogP) is 3.27. The fraction of sp³-hybridized carbons (Fsp3) is 0.368. The Balaban J connectivity index is 1.78. The largest absolute Gasteiger partial charge is 0.349 e. The van der Waals surface area contributed by atoms with Crippen LogP contribution in [0.5, 0.6) is 0 Å². The van der Waals surface area contributed by atoms with Crippen LogP contribution in [0.25, 0.3) is 10.8 Å². The van der Waals surface area contributed by atoms with Gasteiger partial charge in [0.15, 0.2) is 0 Å². The van der Waals surface area contributed by atoms with E-state index in [4.69, 9.17) is 5.21 Å². The van der Waals surface area contributed by atoms with Crippen molar-refractivity contribution in [3.05, 3.63) is 47.5 Å². The Kier molecular flexibility index (Phi) is 4.81. The minimum atomic E-state index is -0.567. The Morgan fingerprint density at radius 3 is 2.08 bits per heavy atom. The number of carbonyl (C=O) groups excluding carboxylic acids is 2. The van der Waals surface area contributed by atoms with E-state index in [0.29, 0.717) is 11.1 Å². The van der Waals surface area contributed by atoms with Crippen molar-refractivity contribution in [2.24, 2.45) is 5.92 Å². The Morgan fingerprint density at radius 2 is 1.50 bits per heavy atom. The number of nitrogens with one attached hydrogen (secondary N) is 2. The molecule has 126 valence electrons. The molecule has 2 aromatic carbocycles. The molecule has 0 heterocycles. The molecule has 0 bridgehead atoms. The van der Waals surface area contributed by atoms with Crippen molar-refractivity contribution in [1.29, 1.82) is 0 Å². The minimum Gasteiger partial charge on any atom is -0.349 e. The lowest BCUT2D eigenvalue weighted by Crippen LogP contribution is -2.37. The normalized spacial score (nSPS) is 20.6. The molecule has 0 aromatic heterocycles. The first-order valence-corrected chi connectivity index (χ1v) is 8.36. The number of carbonyl (C=O) groups is 2. The van der Waals surface area contributed by atoms with E-state index in [1.54, 1.807) is 35.8 Å². The molecule has 2 aromatic rings. The van der Waals surface area contributed by atoms with Gasteiger partial charge in [0.25, 0.3) is 11.8 Å². The van der Waals surface area contributed by atoms with E-state index >= 15 is 0 Å². The van der Waals surface area contributed by atoms with Crippen molar-refractivity contribution in [3.63, 3.8) is 0 Å². The second-order valence-electron chi connectivity index (χ2n) is 6.65. The lowest BCUT2D eigenvalue weighted by Gasteiger charge is -2.26. The van der Waals surface area contributed by atoms with Gasteiger partial charge in [0.05, 0.1) is 0 Å². The number of hydrogen-bond donors (Lipinski definition) is 3. The van der Waals surface area contributed by atoms with Crippen molar-refractivity contribution in [2.45, 2.75) is 38.6 Å². The van der Waals surface area contributed by atoms with E-state index in [9.17, 15) is 9.59 Å². The molecule has 2 amide bonds. The van der Waals surface area contributed by atoms with Gasteiger partial charge in [0.2, 0.25) is 0 Å². The molecule has 1 aliphatic carbocycles. The first-order valence-electron chi connectivity index (χ1n) is 8.36. The highest BCUT2D eigenvalue weighted by Gasteiger charge is 2.20. The third-order valence-electron chi connectivity index (χ3n) is 4.82. The lowest BCUT2D eigenvalue weighted by molar-refractivity contribution is 0.0706. The molecule has 3 rings (SSSR count). The fourth-order valence-electron chi connectivity index (χ4n) is 3.27. The maximum atomic E-state index is 12.5. The van der Waals surface area contributed by atoms with E-state index in [2.05, 4.69) is 12.2 Å². The highest BCUT2D eigenvalue weighted by molar-refractivity contribution is 6.01. The molecule has 5 nitrogen and oxygen atoms in total. The molecule has 0 unspecified atom stereocenters. The highest BCUT2D eigenvalue weighted by Crippen LogP contribution is 2.24. The number of fused-ring (bicyclic) bond motifs is 1. The number of benzene rings is 2. The first kappa shape index (κ1) is 16.5. The van der Waals surface area contributed by atoms with E-state index in [1.807, 2.05) is 6.07 Å². The average molecular weight is 326 g/mol. The van der Waals surface area contributed by atoms with Crippen molar-refractivity contribution in [2.75, 3.05) is 0 Å². The maximum absolute atomic E-state index is 12.5. The zero-order chi connectivity index (χ0) is 17.1. The zero-order valence-electron chi connectivity index (χ0n) is 13.7. The van der Waals surface area contributed by atoms with Gasteiger partial charge < -0.3 is 5.32 Å². The van der Waals surface area contributed by atoms with Gasteiger partial charge in [-0.25, -0.2) is 5.48 Å². The third kappa shape index (κ3) is 3.57. The summed E-state index contributed by atoms with van der Waals surface area (Å²) in [6.45, 7) is 2.25. The van der Waals surface area contributed by atoms with Crippen LogP contribution in [0, 0.1) is 5.92 Å². The summed E-state index contributed by atoms with van der Waals surface area (Å²) in [6.07, 6.45) is 4.37. The van der Waals surface area contributed by atoms with Gasteiger partial charge in [0.1, 0.15) is 0 Å². The summed E-state index contributed by atoms with van der Waals surface area (Å²) in [5, 5.41) is 13.6. The van der Waals surface area contributed by atoms with E-state index in [-0.39, 0.29) is 11.9 Å². The Labute approximate surface area is 141 Å². The monoisotopic (exact) mass is 326 g/mol. The van der Waals surface area contributed by atoms with Crippen LogP contribution in [-0.2, 0) is 0 Å². The Hall–Kier alpha value is -2.40. The summed E-state index contributed by atoms with van der Waals surface area (Å²) in [6, 6.07) is 10.8. The Morgan fingerprint density at radius 1 is 0.917 bits per heavy atom. The van der Waals surface area contributed by atoms with Crippen LogP contribution >= 0.6 is 0 Å². The maximum Gasteiger partial charge on any atom is 0.274 e. The molecule has 0 aliphatic heterocycles. The Bertz CT molecular complexity index is 764. The van der Waals surface area contributed by atoms with Gasteiger partial charge in [0, 0.05) is 17.2 Å². The van der Waals surface area contributed by atoms with Crippen molar-refractivity contribution in [1.82, 2.24) is 10.8 Å². The van der Waals surface area contributed by atoms with Gasteiger partial charge in [-0.05, 0) is 66.6 Å². The minimum absolute atomic E-state index is 0.0755. The van der Waals surface area contributed by atoms with Crippen LogP contribution in [0.15, 0.2) is 36.4 Å². The molecule has 0 radical (unpaired) electrons. The summed E-state index contributed by atoms with van der Waals surface area (Å²) < 4.78 is 0. The zero-order valence-corrected chi connectivity index (χ0v) is 13.7. The smallest absolute Gasteiger partial charge is 0.274 e. The van der Waals surface area contributed by atoms with Crippen LogP contribution in [0.4, 0.5) is 0 Å². The fourth-order valence-corrected chi connectivity index (χ4v) is 3.27. The van der Waals surface area contributed by atoms with Gasteiger partial charge in [-0.15, -0.1) is 0 Å². The molecule has 0 spiro atoms. The standard InChI is InChI=1S/C19H22N2O3/c1-12-2-8-17(9-3-12)20-18(22)14-6-4-13-5-7-15(19(23)21-24)11-16(13)10-14/h4-7,10-12,17,24H,2-3,8-9H2,1H3,(H,20,22)(H,21,23). The van der Waals surface area contributed by atoms with Crippen molar-refractivity contribution >= 4 is 22.6 Å². The SMILES string of the molecule is CC1CCC(NC(=O)c2ccc3ccc(C(=O)NO)cc3c2)CC1. The lowest BCUT2D eigenvalue weighted by atomic mass is 9.87. The number of amides is 2. The second-order valence-corrected chi connectivity index (χ2v) is 6.65. The summed E-state index contributed by atoms with van der Waals surface area (Å²) in [4.78, 5) is 24.0. The van der Waals surface area contributed by atoms with Crippen molar-refractivity contribution < 1.29 is 14.8 Å². The highest BCUT2D eigenvalue weighted by atomic mass is 16.5. The average Bonchev–Trinajstić information content (AvgIpc) is 2.62. The van der Waals surface area contributed by atoms with Crippen molar-refractivity contribution in [3.8, 4) is 0 Å². The van der Waals surface area contributed by atoms with Crippen LogP contribution in [0.3, 0.4) is 0 Å². The van der Waals surface area contributed by atoms with E-state index in [0.717, 1.165) is 42.4 Å². The predicted molar refractivity (Wildman–Crippen MR) is 92.1 cm³/mol. The van der Waals surface area contributed by atoms with Crippen LogP contribution < -0.4 is 10.8 Å². The number of hydroxylamine groups is 1. The molecule has 1 saturated carbocycles. The first-order chi connectivity index (χ1) is 11.6. The molecule has 1 aliphatic rings. The summed E-state index contributed by atoms with van der Waals surface area (Å²) in [5.74, 6) is 0.103. The van der Waals surface area contributed by atoms with Crippen LogP contribution in [-0.4, -0.2) is 23.1 Å². The van der Waals surface area contributed by atoms with Gasteiger partial charge in [-0.3, -0.25) is 14.8 Å². The summed E-state index contributed by atoms with van der Waals surface area (Å²) in [5.41, 5.74) is 2.56. The molecule has 0 atom stereocenters. The molecule has 3 N–H and O–H groups in total. The molecular weight excluding hydrogens is 304 g/mol. The molecule has 0 saturated heterocycles. The molecular formula is C19H22N2O3. The number of rotatable bonds is 3. The number of hydrogen-bond acceptors (Lipinski definition) is 3. The van der Waals surface area contributed by atoms with E-state index in [1.165, 1.54) is 0 Å². The van der Waals surface area contributed by atoms with Crippen LogP contribution in [0.2, 0.25) is 0 Å². The molecule has 1 fully saturated rings. The van der Waals surface area contributed by atoms with Crippen LogP contribution in [0.1, 0.15) is 53.3 Å². The quantitative estimate of drug-likeness (QED) is 0.598. The van der Waals surface area contributed by atoms with E-state index < -0.39 is 5.91 Å². The second kappa shape index (κ2) is 7.01. The van der Waals surface area contributed by atoms with Gasteiger partial charge in [-0.1, -0.05) is 19.1 Å². The topological polar surface area (TPSA) is 78.4 Å². The van der Waals surface area contributed by atoms with Gasteiger partial charge in [-0.2, -0.15) is 0 Å². The van der Waals surface area contributed by atoms with Gasteiger partial charge >= 0.3 is 0 Å². The summed E-state index contributed by atoms with van der Waals surface area (Å²) in [7, 11) is 0.